The van der Waals surface area contributed by atoms with Gasteiger partial charge in [-0.15, -0.1) is 11.3 Å². The van der Waals surface area contributed by atoms with Crippen LogP contribution in [0.25, 0.3) is 0 Å². The SMILES string of the molecule is Cc1cccc(NC(=O)c2c(NC(=O)c3cccc(Cl)c3)sc3c2CCC(C(C)(C)C)C3)c1. The number of benzene rings is 2. The zero-order valence-electron chi connectivity index (χ0n) is 19.4. The molecule has 1 heterocycles. The summed E-state index contributed by atoms with van der Waals surface area (Å²) < 4.78 is 0. The van der Waals surface area contributed by atoms with E-state index in [1.165, 1.54) is 16.2 Å². The average Bonchev–Trinajstić information content (AvgIpc) is 3.10. The van der Waals surface area contributed by atoms with Crippen molar-refractivity contribution in [1.29, 1.82) is 0 Å². The highest BCUT2D eigenvalue weighted by Gasteiger charge is 2.34. The van der Waals surface area contributed by atoms with Crippen molar-refractivity contribution >= 4 is 45.4 Å². The largest absolute Gasteiger partial charge is 0.322 e. The third kappa shape index (κ3) is 5.31. The molecule has 1 aliphatic carbocycles. The Morgan fingerprint density at radius 2 is 1.79 bits per heavy atom. The topological polar surface area (TPSA) is 58.2 Å². The van der Waals surface area contributed by atoms with Gasteiger partial charge in [0, 0.05) is 21.2 Å². The molecule has 172 valence electrons. The number of carbonyl (C=O) groups excluding carboxylic acids is 2. The summed E-state index contributed by atoms with van der Waals surface area (Å²) in [5, 5.41) is 7.14. The van der Waals surface area contributed by atoms with Crippen molar-refractivity contribution in [3.05, 3.63) is 80.7 Å². The fourth-order valence-electron chi connectivity index (χ4n) is 4.37. The van der Waals surface area contributed by atoms with Gasteiger partial charge >= 0.3 is 0 Å². The van der Waals surface area contributed by atoms with Crippen molar-refractivity contribution in [1.82, 2.24) is 0 Å². The number of hydrogen-bond donors (Lipinski definition) is 2. The second-order valence-electron chi connectivity index (χ2n) is 9.80. The molecule has 2 N–H and O–H groups in total. The first-order chi connectivity index (χ1) is 15.6. The van der Waals surface area contributed by atoms with Gasteiger partial charge in [-0.05, 0) is 79.0 Å². The average molecular weight is 481 g/mol. The fraction of sp³-hybridized carbons (Fsp3) is 0.333. The molecule has 0 aliphatic heterocycles. The molecule has 2 aromatic carbocycles. The number of fused-ring (bicyclic) bond motifs is 1. The van der Waals surface area contributed by atoms with Gasteiger partial charge in [0.1, 0.15) is 5.00 Å². The summed E-state index contributed by atoms with van der Waals surface area (Å²) in [5.41, 5.74) is 4.12. The van der Waals surface area contributed by atoms with Crippen molar-refractivity contribution in [3.8, 4) is 0 Å². The van der Waals surface area contributed by atoms with Crippen LogP contribution in [0, 0.1) is 18.3 Å². The minimum atomic E-state index is -0.270. The van der Waals surface area contributed by atoms with E-state index in [1.807, 2.05) is 31.2 Å². The minimum absolute atomic E-state index is 0.186. The number of rotatable bonds is 4. The maximum Gasteiger partial charge on any atom is 0.258 e. The number of nitrogens with one attached hydrogen (secondary N) is 2. The molecule has 6 heteroatoms. The van der Waals surface area contributed by atoms with E-state index >= 15 is 0 Å². The summed E-state index contributed by atoms with van der Waals surface area (Å²) in [4.78, 5) is 27.6. The van der Waals surface area contributed by atoms with Crippen LogP contribution in [0.4, 0.5) is 10.7 Å². The summed E-state index contributed by atoms with van der Waals surface area (Å²) in [6.45, 7) is 8.79. The van der Waals surface area contributed by atoms with E-state index < -0.39 is 0 Å². The highest BCUT2D eigenvalue weighted by atomic mass is 35.5. The Kier molecular flexibility index (Phi) is 6.64. The molecule has 1 aliphatic rings. The van der Waals surface area contributed by atoms with Crippen LogP contribution in [0.3, 0.4) is 0 Å². The first-order valence-electron chi connectivity index (χ1n) is 11.2. The third-order valence-electron chi connectivity index (χ3n) is 6.31. The van der Waals surface area contributed by atoms with Crippen molar-refractivity contribution in [3.63, 3.8) is 0 Å². The molecule has 33 heavy (non-hydrogen) atoms. The quantitative estimate of drug-likeness (QED) is 0.409. The van der Waals surface area contributed by atoms with Crippen LogP contribution in [0.5, 0.6) is 0 Å². The van der Waals surface area contributed by atoms with E-state index in [2.05, 4.69) is 31.4 Å². The maximum absolute atomic E-state index is 13.5. The number of halogens is 1. The van der Waals surface area contributed by atoms with Gasteiger partial charge in [0.15, 0.2) is 0 Å². The van der Waals surface area contributed by atoms with Gasteiger partial charge in [0.25, 0.3) is 11.8 Å². The van der Waals surface area contributed by atoms with Gasteiger partial charge in [0.2, 0.25) is 0 Å². The Morgan fingerprint density at radius 3 is 2.48 bits per heavy atom. The summed E-state index contributed by atoms with van der Waals surface area (Å²) in [5.74, 6) is 0.0783. The van der Waals surface area contributed by atoms with Crippen molar-refractivity contribution in [2.75, 3.05) is 10.6 Å². The molecule has 0 saturated carbocycles. The number of thiophene rings is 1. The lowest BCUT2D eigenvalue weighted by atomic mass is 9.72. The van der Waals surface area contributed by atoms with E-state index in [-0.39, 0.29) is 17.2 Å². The van der Waals surface area contributed by atoms with Gasteiger partial charge < -0.3 is 10.6 Å². The lowest BCUT2D eigenvalue weighted by Crippen LogP contribution is -2.27. The lowest BCUT2D eigenvalue weighted by Gasteiger charge is -2.33. The van der Waals surface area contributed by atoms with E-state index in [9.17, 15) is 9.59 Å². The molecule has 3 aromatic rings. The zero-order chi connectivity index (χ0) is 23.8. The molecular weight excluding hydrogens is 452 g/mol. The molecule has 2 amide bonds. The predicted molar refractivity (Wildman–Crippen MR) is 138 cm³/mol. The van der Waals surface area contributed by atoms with Gasteiger partial charge in [-0.2, -0.15) is 0 Å². The monoisotopic (exact) mass is 480 g/mol. The number of amides is 2. The van der Waals surface area contributed by atoms with E-state index in [0.717, 1.165) is 36.1 Å². The molecule has 1 aromatic heterocycles. The number of carbonyl (C=O) groups is 2. The Bertz CT molecular complexity index is 1210. The molecule has 4 rings (SSSR count). The number of aryl methyl sites for hydroxylation is 1. The smallest absolute Gasteiger partial charge is 0.258 e. The second kappa shape index (κ2) is 9.32. The molecule has 1 unspecified atom stereocenters. The van der Waals surface area contributed by atoms with Gasteiger partial charge in [-0.1, -0.05) is 50.6 Å². The van der Waals surface area contributed by atoms with Crippen molar-refractivity contribution in [2.24, 2.45) is 11.3 Å². The van der Waals surface area contributed by atoms with Crippen LogP contribution in [-0.2, 0) is 12.8 Å². The summed E-state index contributed by atoms with van der Waals surface area (Å²) in [7, 11) is 0. The zero-order valence-corrected chi connectivity index (χ0v) is 21.0. The van der Waals surface area contributed by atoms with Gasteiger partial charge in [-0.3, -0.25) is 9.59 Å². The third-order valence-corrected chi connectivity index (χ3v) is 7.71. The molecule has 1 atom stereocenters. The summed E-state index contributed by atoms with van der Waals surface area (Å²) in [6, 6.07) is 14.6. The summed E-state index contributed by atoms with van der Waals surface area (Å²) >= 11 is 7.60. The number of hydrogen-bond acceptors (Lipinski definition) is 3. The van der Waals surface area contributed by atoms with Crippen molar-refractivity contribution in [2.45, 2.75) is 47.0 Å². The molecule has 4 nitrogen and oxygen atoms in total. The number of anilines is 2. The van der Waals surface area contributed by atoms with Gasteiger partial charge in [0.05, 0.1) is 5.56 Å². The molecule has 0 fully saturated rings. The minimum Gasteiger partial charge on any atom is -0.322 e. The maximum atomic E-state index is 13.5. The standard InChI is InChI=1S/C27H29ClN2O2S/c1-16-7-5-10-20(13-16)29-25(32)23-21-12-11-18(27(2,3)4)15-22(21)33-26(23)30-24(31)17-8-6-9-19(28)14-17/h5-10,13-14,18H,11-12,15H2,1-4H3,(H,29,32)(H,30,31). The first-order valence-corrected chi connectivity index (χ1v) is 12.4. The van der Waals surface area contributed by atoms with Crippen LogP contribution in [0.15, 0.2) is 48.5 Å². The van der Waals surface area contributed by atoms with Crippen LogP contribution in [-0.4, -0.2) is 11.8 Å². The van der Waals surface area contributed by atoms with Crippen LogP contribution in [0.1, 0.15) is 63.9 Å². The van der Waals surface area contributed by atoms with Crippen LogP contribution < -0.4 is 10.6 Å². The van der Waals surface area contributed by atoms with Crippen LogP contribution >= 0.6 is 22.9 Å². The molecule has 0 spiro atoms. The van der Waals surface area contributed by atoms with Gasteiger partial charge in [-0.25, -0.2) is 0 Å². The summed E-state index contributed by atoms with van der Waals surface area (Å²) in [6.07, 6.45) is 2.78. The van der Waals surface area contributed by atoms with E-state index in [1.54, 1.807) is 24.3 Å². The fourth-order valence-corrected chi connectivity index (χ4v) is 5.89. The molecular formula is C27H29ClN2O2S. The second-order valence-corrected chi connectivity index (χ2v) is 11.3. The normalized spacial score (nSPS) is 15.6. The Balaban J connectivity index is 1.69. The molecule has 0 saturated heterocycles. The lowest BCUT2D eigenvalue weighted by molar-refractivity contribution is 0.102. The predicted octanol–water partition coefficient (Wildman–Crippen LogP) is 7.37. The van der Waals surface area contributed by atoms with Crippen molar-refractivity contribution < 1.29 is 9.59 Å². The van der Waals surface area contributed by atoms with E-state index in [0.29, 0.717) is 27.1 Å². The Hall–Kier alpha value is -2.63. The Morgan fingerprint density at radius 1 is 1.03 bits per heavy atom. The van der Waals surface area contributed by atoms with E-state index in [4.69, 9.17) is 11.6 Å². The highest BCUT2D eigenvalue weighted by Crippen LogP contribution is 2.44. The molecule has 0 radical (unpaired) electrons. The highest BCUT2D eigenvalue weighted by molar-refractivity contribution is 7.17. The Labute approximate surface area is 204 Å². The molecule has 0 bridgehead atoms. The van der Waals surface area contributed by atoms with Crippen LogP contribution in [0.2, 0.25) is 5.02 Å². The first kappa shape index (κ1) is 23.5.